The molecule has 0 saturated heterocycles. The lowest BCUT2D eigenvalue weighted by Gasteiger charge is -2.21. The summed E-state index contributed by atoms with van der Waals surface area (Å²) in [5.74, 6) is 0.949. The Morgan fingerprint density at radius 2 is 1.95 bits per heavy atom. The Morgan fingerprint density at radius 3 is 2.50 bits per heavy atom. The van der Waals surface area contributed by atoms with Crippen LogP contribution in [0.1, 0.15) is 82.0 Å². The first-order chi connectivity index (χ1) is 9.50. The third-order valence-corrected chi connectivity index (χ3v) is 6.02. The van der Waals surface area contributed by atoms with Gasteiger partial charge in [-0.1, -0.05) is 53.4 Å². The van der Waals surface area contributed by atoms with Crippen LogP contribution in [0.4, 0.5) is 0 Å². The summed E-state index contributed by atoms with van der Waals surface area (Å²) >= 11 is 2.02. The zero-order valence-electron chi connectivity index (χ0n) is 13.7. The average molecular weight is 294 g/mol. The first-order valence-electron chi connectivity index (χ1n) is 8.34. The van der Waals surface area contributed by atoms with Gasteiger partial charge in [-0.05, 0) is 42.9 Å². The minimum absolute atomic E-state index is 0.283. The summed E-state index contributed by atoms with van der Waals surface area (Å²) in [6.07, 6.45) is 8.35. The lowest BCUT2D eigenvalue weighted by Crippen LogP contribution is -2.23. The molecule has 2 heteroatoms. The van der Waals surface area contributed by atoms with Crippen molar-refractivity contribution in [3.63, 3.8) is 0 Å². The van der Waals surface area contributed by atoms with E-state index < -0.39 is 0 Å². The van der Waals surface area contributed by atoms with E-state index in [0.717, 1.165) is 12.5 Å². The molecule has 2 rings (SSSR count). The van der Waals surface area contributed by atoms with E-state index >= 15 is 0 Å². The molecular formula is C18H31NS. The average Bonchev–Trinajstić information content (AvgIpc) is 3.04. The van der Waals surface area contributed by atoms with Crippen molar-refractivity contribution in [1.29, 1.82) is 0 Å². The van der Waals surface area contributed by atoms with Gasteiger partial charge in [0, 0.05) is 15.8 Å². The summed E-state index contributed by atoms with van der Waals surface area (Å²) < 4.78 is 0. The molecule has 1 fully saturated rings. The Kier molecular flexibility index (Phi) is 5.68. The van der Waals surface area contributed by atoms with Gasteiger partial charge in [0.15, 0.2) is 0 Å². The molecule has 0 aliphatic heterocycles. The Bertz CT molecular complexity index is 396. The van der Waals surface area contributed by atoms with E-state index in [1.807, 2.05) is 11.3 Å². The Labute approximate surface area is 129 Å². The zero-order chi connectivity index (χ0) is 14.6. The Morgan fingerprint density at radius 1 is 1.25 bits per heavy atom. The first-order valence-corrected chi connectivity index (χ1v) is 9.16. The van der Waals surface area contributed by atoms with Crippen molar-refractivity contribution in [1.82, 2.24) is 5.32 Å². The van der Waals surface area contributed by atoms with Gasteiger partial charge < -0.3 is 5.32 Å². The first kappa shape index (κ1) is 16.0. The molecule has 0 radical (unpaired) electrons. The lowest BCUT2D eigenvalue weighted by atomic mass is 9.94. The third kappa shape index (κ3) is 4.33. The van der Waals surface area contributed by atoms with Crippen LogP contribution in [0.5, 0.6) is 0 Å². The molecule has 0 bridgehead atoms. The molecule has 0 spiro atoms. The van der Waals surface area contributed by atoms with Crippen molar-refractivity contribution in [2.45, 2.75) is 77.7 Å². The van der Waals surface area contributed by atoms with Crippen molar-refractivity contribution < 1.29 is 0 Å². The SMILES string of the molecule is CCCNC(CC1CCCC1)c1ccc(C(C)(C)C)s1. The van der Waals surface area contributed by atoms with Gasteiger partial charge in [-0.15, -0.1) is 11.3 Å². The van der Waals surface area contributed by atoms with Crippen molar-refractivity contribution in [2.24, 2.45) is 5.92 Å². The van der Waals surface area contributed by atoms with E-state index in [9.17, 15) is 0 Å². The summed E-state index contributed by atoms with van der Waals surface area (Å²) in [5, 5.41) is 3.79. The molecule has 1 atom stereocenters. The summed E-state index contributed by atoms with van der Waals surface area (Å²) in [6.45, 7) is 10.3. The molecule has 20 heavy (non-hydrogen) atoms. The highest BCUT2D eigenvalue weighted by Crippen LogP contribution is 2.37. The predicted octanol–water partition coefficient (Wildman–Crippen LogP) is 5.67. The van der Waals surface area contributed by atoms with E-state index in [4.69, 9.17) is 0 Å². The minimum Gasteiger partial charge on any atom is -0.309 e. The fourth-order valence-corrected chi connectivity index (χ4v) is 4.30. The maximum Gasteiger partial charge on any atom is 0.0417 e. The van der Waals surface area contributed by atoms with Crippen LogP contribution >= 0.6 is 11.3 Å². The van der Waals surface area contributed by atoms with Crippen LogP contribution in [-0.4, -0.2) is 6.54 Å². The topological polar surface area (TPSA) is 12.0 Å². The van der Waals surface area contributed by atoms with Crippen LogP contribution in [-0.2, 0) is 5.41 Å². The second-order valence-electron chi connectivity index (χ2n) is 7.34. The maximum absolute atomic E-state index is 3.79. The zero-order valence-corrected chi connectivity index (χ0v) is 14.5. The highest BCUT2D eigenvalue weighted by atomic mass is 32.1. The van der Waals surface area contributed by atoms with Gasteiger partial charge in [-0.25, -0.2) is 0 Å². The minimum atomic E-state index is 0.283. The van der Waals surface area contributed by atoms with E-state index in [0.29, 0.717) is 6.04 Å². The molecule has 1 N–H and O–H groups in total. The fourth-order valence-electron chi connectivity index (χ4n) is 3.14. The molecule has 1 heterocycles. The number of hydrogen-bond donors (Lipinski definition) is 1. The van der Waals surface area contributed by atoms with Crippen molar-refractivity contribution >= 4 is 11.3 Å². The molecule has 1 unspecified atom stereocenters. The van der Waals surface area contributed by atoms with Crippen molar-refractivity contribution in [3.8, 4) is 0 Å². The lowest BCUT2D eigenvalue weighted by molar-refractivity contribution is 0.399. The van der Waals surface area contributed by atoms with E-state index in [2.05, 4.69) is 45.1 Å². The largest absolute Gasteiger partial charge is 0.309 e. The molecule has 1 aliphatic carbocycles. The van der Waals surface area contributed by atoms with Gasteiger partial charge in [0.25, 0.3) is 0 Å². The highest BCUT2D eigenvalue weighted by Gasteiger charge is 2.23. The highest BCUT2D eigenvalue weighted by molar-refractivity contribution is 7.12. The van der Waals surface area contributed by atoms with Crippen molar-refractivity contribution in [3.05, 3.63) is 21.9 Å². The van der Waals surface area contributed by atoms with Gasteiger partial charge in [0.2, 0.25) is 0 Å². The third-order valence-electron chi connectivity index (χ3n) is 4.39. The van der Waals surface area contributed by atoms with Crippen LogP contribution in [0.25, 0.3) is 0 Å². The Hall–Kier alpha value is -0.340. The van der Waals surface area contributed by atoms with Gasteiger partial charge in [-0.3, -0.25) is 0 Å². The summed E-state index contributed by atoms with van der Waals surface area (Å²) in [4.78, 5) is 3.07. The van der Waals surface area contributed by atoms with Gasteiger partial charge >= 0.3 is 0 Å². The molecule has 0 amide bonds. The van der Waals surface area contributed by atoms with Crippen LogP contribution in [0.15, 0.2) is 12.1 Å². The van der Waals surface area contributed by atoms with E-state index in [1.165, 1.54) is 43.4 Å². The molecular weight excluding hydrogens is 262 g/mol. The maximum atomic E-state index is 3.79. The molecule has 1 nitrogen and oxygen atoms in total. The molecule has 1 aromatic heterocycles. The van der Waals surface area contributed by atoms with Crippen LogP contribution in [0.3, 0.4) is 0 Å². The number of rotatable bonds is 6. The molecule has 1 saturated carbocycles. The van der Waals surface area contributed by atoms with Crippen LogP contribution < -0.4 is 5.32 Å². The summed E-state index contributed by atoms with van der Waals surface area (Å²) in [7, 11) is 0. The molecule has 1 aromatic rings. The van der Waals surface area contributed by atoms with E-state index in [1.54, 1.807) is 4.88 Å². The van der Waals surface area contributed by atoms with Gasteiger partial charge in [0.1, 0.15) is 0 Å². The molecule has 0 aromatic carbocycles. The molecule has 114 valence electrons. The molecule has 1 aliphatic rings. The van der Waals surface area contributed by atoms with Crippen LogP contribution in [0.2, 0.25) is 0 Å². The number of nitrogens with one attached hydrogen (secondary N) is 1. The quantitative estimate of drug-likeness (QED) is 0.713. The van der Waals surface area contributed by atoms with Crippen LogP contribution in [0, 0.1) is 5.92 Å². The standard InChI is InChI=1S/C18H31NS/c1-5-12-19-15(13-14-8-6-7-9-14)16-10-11-17(20-16)18(2,3)4/h10-11,14-15,19H,5-9,12-13H2,1-4H3. The van der Waals surface area contributed by atoms with Crippen molar-refractivity contribution in [2.75, 3.05) is 6.54 Å². The Balaban J connectivity index is 2.06. The fraction of sp³-hybridized carbons (Fsp3) is 0.778. The van der Waals surface area contributed by atoms with Gasteiger partial charge in [0.05, 0.1) is 0 Å². The van der Waals surface area contributed by atoms with Gasteiger partial charge in [-0.2, -0.15) is 0 Å². The monoisotopic (exact) mass is 293 g/mol. The normalized spacial score (nSPS) is 18.6. The second-order valence-corrected chi connectivity index (χ2v) is 8.46. The number of thiophene rings is 1. The summed E-state index contributed by atoms with van der Waals surface area (Å²) in [6, 6.07) is 5.29. The smallest absolute Gasteiger partial charge is 0.0417 e. The predicted molar refractivity (Wildman–Crippen MR) is 90.6 cm³/mol. The second kappa shape index (κ2) is 7.09. The number of hydrogen-bond acceptors (Lipinski definition) is 2. The summed E-state index contributed by atoms with van der Waals surface area (Å²) in [5.41, 5.74) is 0.283. The van der Waals surface area contributed by atoms with E-state index in [-0.39, 0.29) is 5.41 Å².